The first-order valence-corrected chi connectivity index (χ1v) is 4.37. The van der Waals surface area contributed by atoms with Crippen LogP contribution in [0.15, 0.2) is 0 Å². The topological polar surface area (TPSA) is 12.5 Å². The third-order valence-corrected chi connectivity index (χ3v) is 1.53. The molecule has 0 N–H and O–H groups in total. The second-order valence-electron chi connectivity index (χ2n) is 2.57. The van der Waals surface area contributed by atoms with Gasteiger partial charge in [-0.3, -0.25) is 0 Å². The van der Waals surface area contributed by atoms with Gasteiger partial charge in [0.15, 0.2) is 0 Å². The molecule has 70 valence electrons. The zero-order chi connectivity index (χ0) is 9.28. The molecule has 0 heterocycles. The van der Waals surface area contributed by atoms with Crippen molar-refractivity contribution in [3.63, 3.8) is 0 Å². The molecule has 0 aliphatic carbocycles. The molecule has 0 rings (SSSR count). The molecule has 0 saturated carbocycles. The van der Waals surface area contributed by atoms with E-state index in [9.17, 15) is 0 Å². The molecule has 0 unspecified atom stereocenters. The molecule has 0 aliphatic heterocycles. The Morgan fingerprint density at radius 2 is 1.73 bits per heavy atom. The number of hydrogen-bond acceptors (Lipinski definition) is 2. The maximum absolute atomic E-state index is 4.92. The molecule has 0 spiro atoms. The normalized spacial score (nSPS) is 9.82. The van der Waals surface area contributed by atoms with Gasteiger partial charge in [-0.15, -0.1) is 0 Å². The highest BCUT2D eigenvalue weighted by atomic mass is 16.5. The predicted molar refractivity (Wildman–Crippen MR) is 51.0 cm³/mol. The van der Waals surface area contributed by atoms with Gasteiger partial charge in [0.05, 0.1) is 6.61 Å². The first kappa shape index (κ1) is 13.5. The van der Waals surface area contributed by atoms with Crippen molar-refractivity contribution >= 4 is 0 Å². The molecule has 0 bridgehead atoms. The Morgan fingerprint density at radius 1 is 1.27 bits per heavy atom. The lowest BCUT2D eigenvalue weighted by Crippen LogP contribution is -2.29. The van der Waals surface area contributed by atoms with Gasteiger partial charge in [0.1, 0.15) is 0 Å². The van der Waals surface area contributed by atoms with Gasteiger partial charge in [-0.1, -0.05) is 13.8 Å². The first-order valence-electron chi connectivity index (χ1n) is 4.37. The Hall–Kier alpha value is -0.0800. The van der Waals surface area contributed by atoms with Crippen molar-refractivity contribution in [2.45, 2.75) is 33.7 Å². The molecule has 2 nitrogen and oxygen atoms in total. The quantitative estimate of drug-likeness (QED) is 0.625. The minimum absolute atomic E-state index is 0.625. The van der Waals surface area contributed by atoms with Crippen LogP contribution in [-0.2, 0) is 4.74 Å². The monoisotopic (exact) mass is 161 g/mol. The van der Waals surface area contributed by atoms with E-state index in [4.69, 9.17) is 4.74 Å². The van der Waals surface area contributed by atoms with Crippen LogP contribution in [0.1, 0.15) is 27.7 Å². The van der Waals surface area contributed by atoms with Crippen LogP contribution in [0.2, 0.25) is 0 Å². The number of methoxy groups -OCH3 is 1. The molecule has 0 atom stereocenters. The van der Waals surface area contributed by atoms with Crippen molar-refractivity contribution in [3.8, 4) is 0 Å². The fraction of sp³-hybridized carbons (Fsp3) is 1.00. The highest BCUT2D eigenvalue weighted by Gasteiger charge is 1.99. The average molecular weight is 161 g/mol. The van der Waals surface area contributed by atoms with Crippen LogP contribution in [0, 0.1) is 0 Å². The Balaban J connectivity index is 0. The van der Waals surface area contributed by atoms with Crippen LogP contribution in [0.25, 0.3) is 0 Å². The minimum Gasteiger partial charge on any atom is -0.383 e. The summed E-state index contributed by atoms with van der Waals surface area (Å²) < 4.78 is 4.92. The molecule has 11 heavy (non-hydrogen) atoms. The highest BCUT2D eigenvalue weighted by Crippen LogP contribution is 1.91. The fourth-order valence-corrected chi connectivity index (χ4v) is 0.493. The molecule has 0 saturated heterocycles. The van der Waals surface area contributed by atoms with Crippen LogP contribution >= 0.6 is 0 Å². The van der Waals surface area contributed by atoms with Crippen molar-refractivity contribution in [2.75, 3.05) is 27.3 Å². The fourth-order valence-electron chi connectivity index (χ4n) is 0.493. The van der Waals surface area contributed by atoms with Gasteiger partial charge in [-0.25, -0.2) is 0 Å². The zero-order valence-electron chi connectivity index (χ0n) is 8.85. The van der Waals surface area contributed by atoms with E-state index in [0.717, 1.165) is 13.2 Å². The summed E-state index contributed by atoms with van der Waals surface area (Å²) in [5, 5.41) is 0. The molecule has 2 heteroatoms. The summed E-state index contributed by atoms with van der Waals surface area (Å²) in [4.78, 5) is 2.25. The molecule has 0 amide bonds. The largest absolute Gasteiger partial charge is 0.383 e. The minimum atomic E-state index is 0.625. The lowest BCUT2D eigenvalue weighted by molar-refractivity contribution is 0.147. The number of hydrogen-bond donors (Lipinski definition) is 0. The maximum Gasteiger partial charge on any atom is 0.0589 e. The van der Waals surface area contributed by atoms with Crippen molar-refractivity contribution in [3.05, 3.63) is 0 Å². The van der Waals surface area contributed by atoms with Crippen molar-refractivity contribution in [2.24, 2.45) is 0 Å². The average Bonchev–Trinajstić information content (AvgIpc) is 2.03. The Labute approximate surface area is 71.5 Å². The van der Waals surface area contributed by atoms with E-state index in [0.29, 0.717) is 6.04 Å². The molecule has 0 radical (unpaired) electrons. The summed E-state index contributed by atoms with van der Waals surface area (Å²) in [5.74, 6) is 0. The first-order chi connectivity index (χ1) is 5.18. The van der Waals surface area contributed by atoms with Crippen molar-refractivity contribution in [1.29, 1.82) is 0 Å². The van der Waals surface area contributed by atoms with E-state index < -0.39 is 0 Å². The van der Waals surface area contributed by atoms with Crippen molar-refractivity contribution in [1.82, 2.24) is 4.90 Å². The second-order valence-corrected chi connectivity index (χ2v) is 2.57. The van der Waals surface area contributed by atoms with E-state index in [1.54, 1.807) is 7.11 Å². The Kier molecular flexibility index (Phi) is 12.2. The number of rotatable bonds is 4. The van der Waals surface area contributed by atoms with Gasteiger partial charge in [-0.05, 0) is 20.9 Å². The number of ether oxygens (including phenoxy) is 1. The van der Waals surface area contributed by atoms with E-state index in [1.807, 2.05) is 13.8 Å². The third kappa shape index (κ3) is 9.92. The lowest BCUT2D eigenvalue weighted by atomic mass is 10.3. The third-order valence-electron chi connectivity index (χ3n) is 1.53. The molecule has 0 fully saturated rings. The standard InChI is InChI=1S/C7H17NO.C2H6/c1-7(2)8(3)5-6-9-4;1-2/h7H,5-6H2,1-4H3;1-2H3. The van der Waals surface area contributed by atoms with Gasteiger partial charge in [-0.2, -0.15) is 0 Å². The summed E-state index contributed by atoms with van der Waals surface area (Å²) in [7, 11) is 3.83. The van der Waals surface area contributed by atoms with Gasteiger partial charge < -0.3 is 9.64 Å². The maximum atomic E-state index is 4.92. The summed E-state index contributed by atoms with van der Waals surface area (Å²) in [5.41, 5.74) is 0. The molecule has 0 aromatic carbocycles. The zero-order valence-corrected chi connectivity index (χ0v) is 8.85. The van der Waals surface area contributed by atoms with Crippen LogP contribution in [0.5, 0.6) is 0 Å². The van der Waals surface area contributed by atoms with E-state index in [1.165, 1.54) is 0 Å². The Bertz CT molecular complexity index is 64.6. The van der Waals surface area contributed by atoms with Crippen molar-refractivity contribution < 1.29 is 4.74 Å². The van der Waals surface area contributed by atoms with Gasteiger partial charge >= 0.3 is 0 Å². The van der Waals surface area contributed by atoms with E-state index in [-0.39, 0.29) is 0 Å². The van der Waals surface area contributed by atoms with Gasteiger partial charge in [0.25, 0.3) is 0 Å². The summed E-state index contributed by atoms with van der Waals surface area (Å²) in [6, 6.07) is 0.625. The smallest absolute Gasteiger partial charge is 0.0589 e. The molecular formula is C9H23NO. The number of nitrogens with zero attached hydrogens (tertiary/aromatic N) is 1. The Morgan fingerprint density at radius 3 is 2.00 bits per heavy atom. The molecular weight excluding hydrogens is 138 g/mol. The molecule has 0 aliphatic rings. The van der Waals surface area contributed by atoms with E-state index in [2.05, 4.69) is 25.8 Å². The molecule has 0 aromatic heterocycles. The second kappa shape index (κ2) is 9.92. The summed E-state index contributed by atoms with van der Waals surface area (Å²) in [6.45, 7) is 10.2. The van der Waals surface area contributed by atoms with Gasteiger partial charge in [0.2, 0.25) is 0 Å². The van der Waals surface area contributed by atoms with E-state index >= 15 is 0 Å². The lowest BCUT2D eigenvalue weighted by Gasteiger charge is -2.19. The summed E-state index contributed by atoms with van der Waals surface area (Å²) in [6.07, 6.45) is 0. The molecule has 0 aromatic rings. The van der Waals surface area contributed by atoms with Crippen LogP contribution in [0.4, 0.5) is 0 Å². The summed E-state index contributed by atoms with van der Waals surface area (Å²) >= 11 is 0. The highest BCUT2D eigenvalue weighted by molar-refractivity contribution is 4.54. The SMILES string of the molecule is CC.COCCN(C)C(C)C. The van der Waals surface area contributed by atoms with Gasteiger partial charge in [0, 0.05) is 19.7 Å². The van der Waals surface area contributed by atoms with Crippen LogP contribution in [0.3, 0.4) is 0 Å². The predicted octanol–water partition coefficient (Wildman–Crippen LogP) is 2.00. The number of likely N-dealkylation sites (N-methyl/N-ethyl adjacent to an activating group) is 1. The van der Waals surface area contributed by atoms with Crippen LogP contribution in [-0.4, -0.2) is 38.3 Å². The van der Waals surface area contributed by atoms with Crippen LogP contribution < -0.4 is 0 Å².